The van der Waals surface area contributed by atoms with E-state index in [1.54, 1.807) is 18.8 Å². The Kier molecular flexibility index (Phi) is 7.42. The van der Waals surface area contributed by atoms with Gasteiger partial charge >= 0.3 is 143 Å². The second-order valence-electron chi connectivity index (χ2n) is 7.52. The zero-order valence-electron chi connectivity index (χ0n) is 14.2. The van der Waals surface area contributed by atoms with Crippen LogP contribution in [0.15, 0.2) is 0 Å². The van der Waals surface area contributed by atoms with Crippen molar-refractivity contribution in [1.29, 1.82) is 0 Å². The normalized spacial score (nSPS) is 20.4. The Bertz CT molecular complexity index is 342. The van der Waals surface area contributed by atoms with Crippen LogP contribution in [0.1, 0.15) is 34.1 Å². The van der Waals surface area contributed by atoms with Crippen LogP contribution in [0.5, 0.6) is 0 Å². The van der Waals surface area contributed by atoms with Crippen LogP contribution in [-0.4, -0.2) is 54.8 Å². The van der Waals surface area contributed by atoms with Crippen LogP contribution < -0.4 is 26.9 Å². The van der Waals surface area contributed by atoms with Gasteiger partial charge in [-0.3, -0.25) is 0 Å². The first-order valence-corrected chi connectivity index (χ1v) is 10.7. The van der Waals surface area contributed by atoms with Crippen molar-refractivity contribution in [3.05, 3.63) is 0 Å². The van der Waals surface area contributed by atoms with Crippen molar-refractivity contribution in [1.82, 2.24) is 10.2 Å². The second-order valence-corrected chi connectivity index (χ2v) is 8.91. The van der Waals surface area contributed by atoms with E-state index in [2.05, 4.69) is 24.1 Å². The molecule has 1 N–H and O–H groups in total. The molecule has 1 rings (SSSR count). The zero-order chi connectivity index (χ0) is 17.0. The van der Waals surface area contributed by atoms with Crippen LogP contribution in [0, 0.1) is 10.8 Å². The van der Waals surface area contributed by atoms with Gasteiger partial charge in [-0.2, -0.15) is 0 Å². The fourth-order valence-corrected chi connectivity index (χ4v) is 5.04. The Balaban J connectivity index is 2.73. The summed E-state index contributed by atoms with van der Waals surface area (Å²) in [5.74, 6) is 0. The van der Waals surface area contributed by atoms with Crippen LogP contribution >= 0.6 is 0 Å². The van der Waals surface area contributed by atoms with E-state index in [0.29, 0.717) is 6.42 Å². The molecule has 1 fully saturated rings. The van der Waals surface area contributed by atoms with Gasteiger partial charge in [-0.25, -0.2) is 0 Å². The number of nitrogens with one attached hydrogen (secondary N) is 1. The summed E-state index contributed by atoms with van der Waals surface area (Å²) < 4.78 is 45.1. The molecule has 134 valence electrons. The maximum atomic E-state index is 13.3. The van der Waals surface area contributed by atoms with Crippen LogP contribution in [0.3, 0.4) is 0 Å². The van der Waals surface area contributed by atoms with Crippen molar-refractivity contribution >= 4 is 0 Å². The van der Waals surface area contributed by atoms with Crippen molar-refractivity contribution in [3.63, 3.8) is 0 Å². The van der Waals surface area contributed by atoms with Gasteiger partial charge in [-0.05, 0) is 0 Å². The Hall–Kier alpha value is 0.400. The predicted molar refractivity (Wildman–Crippen MR) is 78.3 cm³/mol. The monoisotopic (exact) mass is 437 g/mol. The van der Waals surface area contributed by atoms with Crippen molar-refractivity contribution < 1.29 is 37.9 Å². The molecule has 7 heteroatoms. The molecule has 0 saturated carbocycles. The third-order valence-electron chi connectivity index (χ3n) is 3.98. The molecule has 0 aromatic carbocycles. The fourth-order valence-electron chi connectivity index (χ4n) is 3.56. The number of nitrogens with zero attached hydrogens (tertiary/aromatic N) is 1. The van der Waals surface area contributed by atoms with E-state index in [-0.39, 0.29) is 5.41 Å². The van der Waals surface area contributed by atoms with E-state index in [0.717, 1.165) is 32.7 Å². The average Bonchev–Trinajstić information content (AvgIpc) is 2.33. The minimum atomic E-state index is -4.30. The molecule has 0 bridgehead atoms. The van der Waals surface area contributed by atoms with E-state index in [1.807, 2.05) is 0 Å². The number of alkyl halides is 4. The van der Waals surface area contributed by atoms with E-state index in [9.17, 15) is 13.2 Å². The van der Waals surface area contributed by atoms with Gasteiger partial charge in [0.15, 0.2) is 0 Å². The first-order valence-electron chi connectivity index (χ1n) is 7.63. The van der Waals surface area contributed by atoms with Gasteiger partial charge in [-0.1, -0.05) is 0 Å². The summed E-state index contributed by atoms with van der Waals surface area (Å²) in [5, 5.41) is 3.30. The fraction of sp³-hybridized carbons (Fsp3) is 1.00. The summed E-state index contributed by atoms with van der Waals surface area (Å²) in [7, 11) is 0. The van der Waals surface area contributed by atoms with E-state index in [1.165, 1.54) is 0 Å². The molecule has 0 aliphatic carbocycles. The van der Waals surface area contributed by atoms with Crippen LogP contribution in [-0.2, 0) is 3.07 Å². The van der Waals surface area contributed by atoms with E-state index >= 15 is 0 Å². The van der Waals surface area contributed by atoms with Gasteiger partial charge in [0, 0.05) is 0 Å². The molecule has 1 aliphatic heterocycles. The maximum absolute atomic E-state index is 13.3. The average molecular weight is 437 g/mol. The van der Waals surface area contributed by atoms with Crippen LogP contribution in [0.25, 0.3) is 0 Å². The van der Waals surface area contributed by atoms with Crippen molar-refractivity contribution in [3.8, 4) is 0 Å². The van der Waals surface area contributed by atoms with E-state index in [4.69, 9.17) is 3.07 Å². The summed E-state index contributed by atoms with van der Waals surface area (Å²) in [5.41, 5.74) is -1.11. The molecule has 1 saturated heterocycles. The number of halogens is 4. The summed E-state index contributed by atoms with van der Waals surface area (Å²) in [6.07, 6.45) is -5.48. The van der Waals surface area contributed by atoms with Gasteiger partial charge in [0.1, 0.15) is 0 Å². The minimum absolute atomic E-state index is 0.181. The Morgan fingerprint density at radius 2 is 1.68 bits per heavy atom. The van der Waals surface area contributed by atoms with Crippen molar-refractivity contribution in [2.45, 2.75) is 46.4 Å². The standard InChI is InChI=1S/C15H29F3IN2O/c1-13(2,11-21-8-6-20-7-9-21)10-14(3,4)12(22-19-5)15(16,17)18/h12,20H,6-11H2,1-5H3/q-1. The van der Waals surface area contributed by atoms with Gasteiger partial charge in [0.2, 0.25) is 0 Å². The molecule has 1 atom stereocenters. The van der Waals surface area contributed by atoms with Crippen LogP contribution in [0.2, 0.25) is 0 Å². The number of hydrogen-bond donors (Lipinski definition) is 1. The topological polar surface area (TPSA) is 24.5 Å². The molecule has 1 heterocycles. The molecule has 0 aromatic heterocycles. The van der Waals surface area contributed by atoms with Gasteiger partial charge in [0.05, 0.1) is 0 Å². The molecule has 1 unspecified atom stereocenters. The number of hydrogen-bond acceptors (Lipinski definition) is 3. The van der Waals surface area contributed by atoms with Crippen molar-refractivity contribution in [2.75, 3.05) is 37.7 Å². The SMILES string of the molecule is C[I-]OC(C(F)(F)F)C(C)(C)CC(C)(C)CN1CCNCC1. The van der Waals surface area contributed by atoms with Gasteiger partial charge < -0.3 is 0 Å². The van der Waals surface area contributed by atoms with Gasteiger partial charge in [0.25, 0.3) is 0 Å². The predicted octanol–water partition coefficient (Wildman–Crippen LogP) is -0.0846. The molecule has 0 aromatic rings. The summed E-state index contributed by atoms with van der Waals surface area (Å²) in [6, 6.07) is 0. The molecule has 22 heavy (non-hydrogen) atoms. The Morgan fingerprint density at radius 3 is 2.14 bits per heavy atom. The molecule has 1 aliphatic rings. The second kappa shape index (κ2) is 7.98. The first-order chi connectivity index (χ1) is 9.98. The molecular formula is C15H29F3IN2O-. The molecule has 0 radical (unpaired) electrons. The molecular weight excluding hydrogens is 408 g/mol. The first kappa shape index (κ1) is 20.4. The van der Waals surface area contributed by atoms with E-state index < -0.39 is 39.3 Å². The van der Waals surface area contributed by atoms with Gasteiger partial charge in [-0.15, -0.1) is 0 Å². The Labute approximate surface area is 143 Å². The zero-order valence-corrected chi connectivity index (χ0v) is 16.3. The van der Waals surface area contributed by atoms with Crippen LogP contribution in [0.4, 0.5) is 13.2 Å². The number of rotatable bonds is 7. The summed E-state index contributed by atoms with van der Waals surface area (Å²) in [4.78, 5) is 4.06. The van der Waals surface area contributed by atoms with Crippen molar-refractivity contribution in [2.24, 2.45) is 10.8 Å². The quantitative estimate of drug-likeness (QED) is 0.446. The number of piperazine rings is 1. The third kappa shape index (κ3) is 6.49. The Morgan fingerprint density at radius 1 is 1.14 bits per heavy atom. The summed E-state index contributed by atoms with van der Waals surface area (Å²) in [6.45, 7) is 12.1. The summed E-state index contributed by atoms with van der Waals surface area (Å²) >= 11 is -0.864. The molecule has 0 spiro atoms. The molecule has 3 nitrogen and oxygen atoms in total. The molecule has 0 amide bonds. The third-order valence-corrected chi connectivity index (χ3v) is 5.00.